The van der Waals surface area contributed by atoms with E-state index in [-0.39, 0.29) is 0 Å². The van der Waals surface area contributed by atoms with Gasteiger partial charge in [0, 0.05) is 18.0 Å². The summed E-state index contributed by atoms with van der Waals surface area (Å²) in [6.45, 7) is 2.29. The van der Waals surface area contributed by atoms with Crippen LogP contribution in [0.2, 0.25) is 0 Å². The summed E-state index contributed by atoms with van der Waals surface area (Å²) in [4.78, 5) is 9.02. The van der Waals surface area contributed by atoms with Crippen LogP contribution in [-0.2, 0) is 0 Å². The average Bonchev–Trinajstić information content (AvgIpc) is 2.62. The van der Waals surface area contributed by atoms with E-state index in [9.17, 15) is 5.26 Å². The zero-order valence-corrected chi connectivity index (χ0v) is 13.0. The highest BCUT2D eigenvalue weighted by molar-refractivity contribution is 5.64. The first-order chi connectivity index (χ1) is 10.8. The lowest BCUT2D eigenvalue weighted by Crippen LogP contribution is -2.13. The Kier molecular flexibility index (Phi) is 4.48. The molecule has 1 aliphatic carbocycles. The highest BCUT2D eigenvalue weighted by atomic mass is 14.9. The van der Waals surface area contributed by atoms with Gasteiger partial charge in [-0.1, -0.05) is 25.5 Å². The van der Waals surface area contributed by atoms with Crippen LogP contribution in [-0.4, -0.2) is 9.97 Å². The minimum absolute atomic E-state index is 0.600. The molecule has 1 aromatic carbocycles. The molecule has 0 spiro atoms. The molecule has 1 fully saturated rings. The van der Waals surface area contributed by atoms with Gasteiger partial charge in [0.15, 0.2) is 5.82 Å². The number of nitriles is 1. The Morgan fingerprint density at radius 2 is 1.77 bits per heavy atom. The fourth-order valence-corrected chi connectivity index (χ4v) is 3.37. The molecule has 0 N–H and O–H groups in total. The molecular formula is C19H21N3. The zero-order chi connectivity index (χ0) is 15.4. The molecule has 0 amide bonds. The van der Waals surface area contributed by atoms with Gasteiger partial charge in [0.05, 0.1) is 11.6 Å². The molecule has 3 rings (SSSR count). The van der Waals surface area contributed by atoms with Gasteiger partial charge in [0.1, 0.15) is 0 Å². The predicted octanol–water partition coefficient (Wildman–Crippen LogP) is 4.70. The lowest BCUT2D eigenvalue weighted by molar-refractivity contribution is 0.318. The lowest BCUT2D eigenvalue weighted by atomic mass is 9.78. The van der Waals surface area contributed by atoms with E-state index >= 15 is 0 Å². The van der Waals surface area contributed by atoms with E-state index in [1.54, 1.807) is 6.07 Å². The van der Waals surface area contributed by atoms with Gasteiger partial charge in [0.2, 0.25) is 0 Å². The van der Waals surface area contributed by atoms with Crippen molar-refractivity contribution < 1.29 is 0 Å². The molecule has 1 aliphatic rings. The number of hydrogen-bond acceptors (Lipinski definition) is 3. The fraction of sp³-hybridized carbons (Fsp3) is 0.421. The van der Waals surface area contributed by atoms with Crippen LogP contribution in [0, 0.1) is 17.2 Å². The Bertz CT molecular complexity index is 662. The standard InChI is InChI=1S/C19H21N3/c1-2-14-7-9-15(10-8-14)17-12-21-19(22-13-17)18-6-4-3-5-16(18)11-20/h3-6,12-15H,2,7-10H2,1H3. The minimum atomic E-state index is 0.600. The van der Waals surface area contributed by atoms with Crippen molar-refractivity contribution in [3.8, 4) is 17.5 Å². The first-order valence-corrected chi connectivity index (χ1v) is 8.13. The normalized spacial score (nSPS) is 21.3. The molecule has 0 bridgehead atoms. The third-order valence-corrected chi connectivity index (χ3v) is 4.86. The van der Waals surface area contributed by atoms with E-state index in [1.807, 2.05) is 30.6 Å². The van der Waals surface area contributed by atoms with E-state index < -0.39 is 0 Å². The summed E-state index contributed by atoms with van der Waals surface area (Å²) < 4.78 is 0. The topological polar surface area (TPSA) is 49.6 Å². The largest absolute Gasteiger partial charge is 0.236 e. The van der Waals surface area contributed by atoms with Gasteiger partial charge in [-0.15, -0.1) is 0 Å². The van der Waals surface area contributed by atoms with Gasteiger partial charge >= 0.3 is 0 Å². The SMILES string of the molecule is CCC1CCC(c2cnc(-c3ccccc3C#N)nc2)CC1. The number of nitrogens with zero attached hydrogens (tertiary/aromatic N) is 3. The predicted molar refractivity (Wildman–Crippen MR) is 87.2 cm³/mol. The van der Waals surface area contributed by atoms with Crippen molar-refractivity contribution in [1.82, 2.24) is 9.97 Å². The molecule has 3 nitrogen and oxygen atoms in total. The summed E-state index contributed by atoms with van der Waals surface area (Å²) >= 11 is 0. The second-order valence-electron chi connectivity index (χ2n) is 6.12. The van der Waals surface area contributed by atoms with E-state index in [4.69, 9.17) is 0 Å². The second kappa shape index (κ2) is 6.70. The van der Waals surface area contributed by atoms with Gasteiger partial charge in [-0.3, -0.25) is 0 Å². The first kappa shape index (κ1) is 14.7. The quantitative estimate of drug-likeness (QED) is 0.823. The molecule has 112 valence electrons. The summed E-state index contributed by atoms with van der Waals surface area (Å²) in [5.74, 6) is 2.14. The van der Waals surface area contributed by atoms with Crippen molar-refractivity contribution in [2.24, 2.45) is 5.92 Å². The number of benzene rings is 1. The van der Waals surface area contributed by atoms with Crippen molar-refractivity contribution >= 4 is 0 Å². The summed E-state index contributed by atoms with van der Waals surface area (Å²) in [5.41, 5.74) is 2.68. The zero-order valence-electron chi connectivity index (χ0n) is 13.0. The van der Waals surface area contributed by atoms with Crippen LogP contribution < -0.4 is 0 Å². The molecule has 1 saturated carbocycles. The van der Waals surface area contributed by atoms with Crippen LogP contribution in [0.4, 0.5) is 0 Å². The van der Waals surface area contributed by atoms with Gasteiger partial charge in [-0.2, -0.15) is 5.26 Å². The molecule has 0 radical (unpaired) electrons. The van der Waals surface area contributed by atoms with Crippen LogP contribution in [0.1, 0.15) is 56.1 Å². The summed E-state index contributed by atoms with van der Waals surface area (Å²) in [7, 11) is 0. The average molecular weight is 291 g/mol. The first-order valence-electron chi connectivity index (χ1n) is 8.13. The molecule has 22 heavy (non-hydrogen) atoms. The smallest absolute Gasteiger partial charge is 0.160 e. The fourth-order valence-electron chi connectivity index (χ4n) is 3.37. The number of hydrogen-bond donors (Lipinski definition) is 0. The number of rotatable bonds is 3. The summed E-state index contributed by atoms with van der Waals surface area (Å²) in [6.07, 6.45) is 10.3. The molecule has 0 aliphatic heterocycles. The Balaban J connectivity index is 1.78. The molecule has 2 aromatic rings. The van der Waals surface area contributed by atoms with Crippen LogP contribution in [0.15, 0.2) is 36.7 Å². The van der Waals surface area contributed by atoms with Crippen molar-refractivity contribution in [3.05, 3.63) is 47.8 Å². The Hall–Kier alpha value is -2.21. The van der Waals surface area contributed by atoms with Crippen molar-refractivity contribution in [1.29, 1.82) is 5.26 Å². The van der Waals surface area contributed by atoms with Gasteiger partial charge in [0.25, 0.3) is 0 Å². The lowest BCUT2D eigenvalue weighted by Gasteiger charge is -2.27. The Morgan fingerprint density at radius 3 is 2.41 bits per heavy atom. The van der Waals surface area contributed by atoms with E-state index in [1.165, 1.54) is 37.7 Å². The van der Waals surface area contributed by atoms with Crippen molar-refractivity contribution in [2.75, 3.05) is 0 Å². The highest BCUT2D eigenvalue weighted by Gasteiger charge is 2.21. The monoisotopic (exact) mass is 291 g/mol. The van der Waals surface area contributed by atoms with E-state index in [2.05, 4.69) is 23.0 Å². The van der Waals surface area contributed by atoms with Gasteiger partial charge < -0.3 is 0 Å². The Labute approximate surface area is 132 Å². The van der Waals surface area contributed by atoms with E-state index in [0.717, 1.165) is 11.5 Å². The summed E-state index contributed by atoms with van der Waals surface area (Å²) in [5, 5.41) is 9.18. The number of aromatic nitrogens is 2. The maximum Gasteiger partial charge on any atom is 0.160 e. The van der Waals surface area contributed by atoms with Crippen LogP contribution in [0.5, 0.6) is 0 Å². The molecule has 1 heterocycles. The van der Waals surface area contributed by atoms with Gasteiger partial charge in [-0.05, 0) is 55.2 Å². The maximum absolute atomic E-state index is 9.18. The van der Waals surface area contributed by atoms with Gasteiger partial charge in [-0.25, -0.2) is 9.97 Å². The van der Waals surface area contributed by atoms with Crippen LogP contribution in [0.3, 0.4) is 0 Å². The molecule has 0 unspecified atom stereocenters. The Morgan fingerprint density at radius 1 is 1.09 bits per heavy atom. The molecule has 3 heteroatoms. The molecule has 0 saturated heterocycles. The second-order valence-corrected chi connectivity index (χ2v) is 6.12. The van der Waals surface area contributed by atoms with E-state index in [0.29, 0.717) is 17.3 Å². The maximum atomic E-state index is 9.18. The van der Waals surface area contributed by atoms with Crippen molar-refractivity contribution in [2.45, 2.75) is 44.9 Å². The molecule has 1 aromatic heterocycles. The van der Waals surface area contributed by atoms with Crippen molar-refractivity contribution in [3.63, 3.8) is 0 Å². The molecular weight excluding hydrogens is 270 g/mol. The highest BCUT2D eigenvalue weighted by Crippen LogP contribution is 2.36. The minimum Gasteiger partial charge on any atom is -0.236 e. The summed E-state index contributed by atoms with van der Waals surface area (Å²) in [6, 6.07) is 9.69. The third kappa shape index (κ3) is 3.01. The molecule has 0 atom stereocenters. The van der Waals surface area contributed by atoms with Crippen LogP contribution >= 0.6 is 0 Å². The van der Waals surface area contributed by atoms with Crippen LogP contribution in [0.25, 0.3) is 11.4 Å². The third-order valence-electron chi connectivity index (χ3n) is 4.86.